The number of rotatable bonds is 5. The van der Waals surface area contributed by atoms with Gasteiger partial charge in [0.1, 0.15) is 5.75 Å². The van der Waals surface area contributed by atoms with Crippen molar-refractivity contribution in [3.63, 3.8) is 0 Å². The van der Waals surface area contributed by atoms with Crippen LogP contribution in [0.4, 0.5) is 5.69 Å². The number of anilines is 1. The van der Waals surface area contributed by atoms with E-state index in [9.17, 15) is 4.79 Å². The van der Waals surface area contributed by atoms with Crippen LogP contribution in [0.2, 0.25) is 0 Å². The number of aryl methyl sites for hydroxylation is 1. The number of para-hydroxylation sites is 1. The molecule has 1 amide bonds. The van der Waals surface area contributed by atoms with Crippen molar-refractivity contribution in [2.45, 2.75) is 20.3 Å². The highest BCUT2D eigenvalue weighted by Crippen LogP contribution is 2.14. The normalized spacial score (nSPS) is 11.0. The van der Waals surface area contributed by atoms with Gasteiger partial charge in [-0.1, -0.05) is 37.3 Å². The summed E-state index contributed by atoms with van der Waals surface area (Å²) in [6.45, 7) is 3.83. The molecule has 2 rings (SSSR count). The number of ether oxygens (including phenoxy) is 1. The molecule has 0 saturated carbocycles. The van der Waals surface area contributed by atoms with Crippen molar-refractivity contribution in [1.82, 2.24) is 0 Å². The van der Waals surface area contributed by atoms with Crippen LogP contribution < -0.4 is 10.1 Å². The average Bonchev–Trinajstić information content (AvgIpc) is 2.54. The van der Waals surface area contributed by atoms with Gasteiger partial charge >= 0.3 is 0 Å². The molecule has 0 aliphatic carbocycles. The summed E-state index contributed by atoms with van der Waals surface area (Å²) in [5, 5.41) is 2.81. The van der Waals surface area contributed by atoms with E-state index in [1.807, 2.05) is 54.6 Å². The molecule has 0 saturated heterocycles. The molecule has 0 aromatic heterocycles. The summed E-state index contributed by atoms with van der Waals surface area (Å²) < 4.78 is 5.50. The Kier molecular flexibility index (Phi) is 5.16. The van der Waals surface area contributed by atoms with E-state index < -0.39 is 0 Å². The Labute approximate surface area is 125 Å². The van der Waals surface area contributed by atoms with E-state index in [4.69, 9.17) is 4.74 Å². The molecule has 0 heterocycles. The number of carbonyl (C=O) groups excluding carboxylic acids is 1. The second-order valence-corrected chi connectivity index (χ2v) is 4.74. The molecule has 108 valence electrons. The first-order valence-corrected chi connectivity index (χ1v) is 6.98. The molecule has 0 radical (unpaired) electrons. The van der Waals surface area contributed by atoms with Gasteiger partial charge in [-0.2, -0.15) is 0 Å². The van der Waals surface area contributed by atoms with E-state index in [0.29, 0.717) is 5.57 Å². The molecular formula is C18H19NO2. The lowest BCUT2D eigenvalue weighted by atomic mass is 10.2. The number of nitrogens with one attached hydrogen (secondary N) is 1. The third-order valence-corrected chi connectivity index (χ3v) is 3.09. The van der Waals surface area contributed by atoms with Gasteiger partial charge in [-0.25, -0.2) is 0 Å². The largest absolute Gasteiger partial charge is 0.465 e. The second kappa shape index (κ2) is 7.29. The Morgan fingerprint density at radius 3 is 2.38 bits per heavy atom. The smallest absolute Gasteiger partial charge is 0.254 e. The molecule has 21 heavy (non-hydrogen) atoms. The molecule has 1 N–H and O–H groups in total. The van der Waals surface area contributed by atoms with Crippen LogP contribution in [-0.4, -0.2) is 5.91 Å². The number of amides is 1. The maximum atomic E-state index is 12.0. The fourth-order valence-electron chi connectivity index (χ4n) is 1.76. The highest BCUT2D eigenvalue weighted by atomic mass is 16.5. The van der Waals surface area contributed by atoms with Gasteiger partial charge in [-0.15, -0.1) is 0 Å². The van der Waals surface area contributed by atoms with Gasteiger partial charge in [0.05, 0.1) is 6.26 Å². The topological polar surface area (TPSA) is 38.3 Å². The quantitative estimate of drug-likeness (QED) is 0.660. The third kappa shape index (κ3) is 4.49. The lowest BCUT2D eigenvalue weighted by Crippen LogP contribution is -2.13. The first-order chi connectivity index (χ1) is 10.2. The van der Waals surface area contributed by atoms with Gasteiger partial charge in [0.25, 0.3) is 5.91 Å². The van der Waals surface area contributed by atoms with Crippen LogP contribution in [-0.2, 0) is 11.2 Å². The van der Waals surface area contributed by atoms with Gasteiger partial charge in [0.15, 0.2) is 0 Å². The molecule has 0 aliphatic rings. The molecule has 0 bridgehead atoms. The Hall–Kier alpha value is -2.55. The zero-order chi connectivity index (χ0) is 15.1. The number of carbonyl (C=O) groups is 1. The zero-order valence-electron chi connectivity index (χ0n) is 12.3. The molecule has 0 unspecified atom stereocenters. The van der Waals surface area contributed by atoms with Crippen LogP contribution in [0.1, 0.15) is 19.4 Å². The van der Waals surface area contributed by atoms with Crippen molar-refractivity contribution < 1.29 is 9.53 Å². The molecule has 2 aromatic rings. The molecular weight excluding hydrogens is 262 g/mol. The minimum atomic E-state index is -0.175. The Morgan fingerprint density at radius 1 is 1.10 bits per heavy atom. The average molecular weight is 281 g/mol. The highest BCUT2D eigenvalue weighted by molar-refractivity contribution is 6.03. The molecule has 0 atom stereocenters. The van der Waals surface area contributed by atoms with Crippen molar-refractivity contribution in [2.75, 3.05) is 5.32 Å². The Balaban J connectivity index is 1.95. The van der Waals surface area contributed by atoms with Crippen molar-refractivity contribution in [1.29, 1.82) is 0 Å². The lowest BCUT2D eigenvalue weighted by molar-refractivity contribution is -0.112. The van der Waals surface area contributed by atoms with Crippen molar-refractivity contribution in [3.8, 4) is 5.75 Å². The number of hydrogen-bond donors (Lipinski definition) is 1. The van der Waals surface area contributed by atoms with Crippen molar-refractivity contribution in [2.24, 2.45) is 0 Å². The summed E-state index contributed by atoms with van der Waals surface area (Å²) in [6, 6.07) is 17.2. The third-order valence-electron chi connectivity index (χ3n) is 3.09. The van der Waals surface area contributed by atoms with E-state index in [1.165, 1.54) is 11.8 Å². The summed E-state index contributed by atoms with van der Waals surface area (Å²) in [5.74, 6) is 0.547. The first-order valence-electron chi connectivity index (χ1n) is 6.98. The minimum absolute atomic E-state index is 0.175. The first kappa shape index (κ1) is 14.9. The fourth-order valence-corrected chi connectivity index (χ4v) is 1.76. The van der Waals surface area contributed by atoms with Gasteiger partial charge in [-0.05, 0) is 43.2 Å². The van der Waals surface area contributed by atoms with Gasteiger partial charge in [-0.3, -0.25) is 4.79 Å². The predicted octanol–water partition coefficient (Wildman–Crippen LogP) is 4.17. The van der Waals surface area contributed by atoms with Crippen LogP contribution in [0.3, 0.4) is 0 Å². The van der Waals surface area contributed by atoms with Crippen molar-refractivity contribution in [3.05, 3.63) is 72.0 Å². The van der Waals surface area contributed by atoms with Crippen molar-refractivity contribution >= 4 is 11.6 Å². The van der Waals surface area contributed by atoms with E-state index in [2.05, 4.69) is 12.2 Å². The maximum Gasteiger partial charge on any atom is 0.254 e. The molecule has 0 fully saturated rings. The minimum Gasteiger partial charge on any atom is -0.465 e. The van der Waals surface area contributed by atoms with Crippen LogP contribution in [0.15, 0.2) is 66.4 Å². The fraction of sp³-hybridized carbons (Fsp3) is 0.167. The van der Waals surface area contributed by atoms with Gasteiger partial charge in [0.2, 0.25) is 0 Å². The molecule has 0 spiro atoms. The second-order valence-electron chi connectivity index (χ2n) is 4.74. The SMILES string of the molecule is CCc1ccc(O/C=C(\C)C(=O)Nc2ccccc2)cc1. The Morgan fingerprint density at radius 2 is 1.76 bits per heavy atom. The van der Waals surface area contributed by atoms with Gasteiger partial charge < -0.3 is 10.1 Å². The molecule has 0 aliphatic heterocycles. The van der Waals surface area contributed by atoms with E-state index in [-0.39, 0.29) is 5.91 Å². The monoisotopic (exact) mass is 281 g/mol. The van der Waals surface area contributed by atoms with Crippen LogP contribution in [0, 0.1) is 0 Å². The van der Waals surface area contributed by atoms with Crippen LogP contribution in [0.5, 0.6) is 5.75 Å². The summed E-state index contributed by atoms with van der Waals surface area (Å²) in [4.78, 5) is 12.0. The van der Waals surface area contributed by atoms with Crippen LogP contribution >= 0.6 is 0 Å². The zero-order valence-corrected chi connectivity index (χ0v) is 12.3. The van der Waals surface area contributed by atoms with E-state index in [0.717, 1.165) is 17.9 Å². The van der Waals surface area contributed by atoms with E-state index >= 15 is 0 Å². The highest BCUT2D eigenvalue weighted by Gasteiger charge is 2.05. The molecule has 3 nitrogen and oxygen atoms in total. The lowest BCUT2D eigenvalue weighted by Gasteiger charge is -2.06. The predicted molar refractivity (Wildman–Crippen MR) is 85.3 cm³/mol. The summed E-state index contributed by atoms with van der Waals surface area (Å²) in [5.41, 5.74) is 2.53. The number of hydrogen-bond acceptors (Lipinski definition) is 2. The molecule has 3 heteroatoms. The maximum absolute atomic E-state index is 12.0. The summed E-state index contributed by atoms with van der Waals surface area (Å²) in [7, 11) is 0. The Bertz CT molecular complexity index is 615. The van der Waals surface area contributed by atoms with E-state index in [1.54, 1.807) is 6.92 Å². The summed E-state index contributed by atoms with van der Waals surface area (Å²) in [6.07, 6.45) is 2.47. The molecule has 2 aromatic carbocycles. The standard InChI is InChI=1S/C18H19NO2/c1-3-15-9-11-17(12-10-15)21-13-14(2)18(20)19-16-7-5-4-6-8-16/h4-13H,3H2,1-2H3,(H,19,20)/b14-13+. The van der Waals surface area contributed by atoms with Crippen LogP contribution in [0.25, 0.3) is 0 Å². The number of benzene rings is 2. The summed E-state index contributed by atoms with van der Waals surface area (Å²) >= 11 is 0. The van der Waals surface area contributed by atoms with Gasteiger partial charge in [0, 0.05) is 11.3 Å².